The van der Waals surface area contributed by atoms with E-state index < -0.39 is 0 Å². The molecule has 0 spiro atoms. The molecule has 3 nitrogen and oxygen atoms in total. The molecular formula is C8H15NO2. The van der Waals surface area contributed by atoms with Gasteiger partial charge in [-0.15, -0.1) is 0 Å². The van der Waals surface area contributed by atoms with Crippen LogP contribution in [0.15, 0.2) is 4.99 Å². The van der Waals surface area contributed by atoms with Gasteiger partial charge < -0.3 is 4.74 Å². The molecule has 11 heavy (non-hydrogen) atoms. The second-order valence-electron chi connectivity index (χ2n) is 2.54. The molecule has 0 aliphatic rings. The third kappa shape index (κ3) is 5.58. The van der Waals surface area contributed by atoms with Gasteiger partial charge in [0.15, 0.2) is 5.90 Å². The van der Waals surface area contributed by atoms with Crippen LogP contribution in [-0.4, -0.2) is 17.9 Å². The molecule has 0 radical (unpaired) electrons. The number of amides is 1. The first-order chi connectivity index (χ1) is 5.06. The molecule has 0 heterocycles. The molecule has 1 amide bonds. The van der Waals surface area contributed by atoms with Crippen molar-refractivity contribution < 1.29 is 9.53 Å². The molecule has 3 heteroatoms. The summed E-state index contributed by atoms with van der Waals surface area (Å²) in [6.45, 7) is 7.14. The fraction of sp³-hybridized carbons (Fsp3) is 0.750. The Balaban J connectivity index is 4.05. The van der Waals surface area contributed by atoms with Crippen molar-refractivity contribution in [3.05, 3.63) is 0 Å². The summed E-state index contributed by atoms with van der Waals surface area (Å²) in [5.74, 6) is 0.315. The van der Waals surface area contributed by atoms with Crippen molar-refractivity contribution in [2.45, 2.75) is 40.2 Å². The van der Waals surface area contributed by atoms with Crippen molar-refractivity contribution in [3.63, 3.8) is 0 Å². The minimum Gasteiger partial charge on any atom is -0.478 e. The zero-order valence-electron chi connectivity index (χ0n) is 7.55. The number of ether oxygens (including phenoxy) is 1. The van der Waals surface area contributed by atoms with Crippen LogP contribution in [0.4, 0.5) is 0 Å². The molecule has 0 rings (SSSR count). The predicted molar refractivity (Wildman–Crippen MR) is 44.6 cm³/mol. The minimum absolute atomic E-state index is 0.0908. The third-order valence-electron chi connectivity index (χ3n) is 0.956. The molecule has 0 atom stereocenters. The molecule has 0 aromatic carbocycles. The topological polar surface area (TPSA) is 38.7 Å². The van der Waals surface area contributed by atoms with E-state index in [1.54, 1.807) is 0 Å². The van der Waals surface area contributed by atoms with Crippen LogP contribution >= 0.6 is 0 Å². The summed E-state index contributed by atoms with van der Waals surface area (Å²) in [6, 6.07) is 0. The third-order valence-corrected chi connectivity index (χ3v) is 0.956. The molecule has 0 saturated heterocycles. The molecule has 0 aromatic rings. The van der Waals surface area contributed by atoms with E-state index in [0.717, 1.165) is 0 Å². The lowest BCUT2D eigenvalue weighted by atomic mass is 10.4. The highest BCUT2D eigenvalue weighted by molar-refractivity contribution is 5.90. The van der Waals surface area contributed by atoms with Gasteiger partial charge in [0.2, 0.25) is 5.91 Å². The lowest BCUT2D eigenvalue weighted by Gasteiger charge is -2.09. The van der Waals surface area contributed by atoms with E-state index in [-0.39, 0.29) is 12.0 Å². The Bertz CT molecular complexity index is 161. The van der Waals surface area contributed by atoms with Crippen molar-refractivity contribution >= 4 is 11.8 Å². The van der Waals surface area contributed by atoms with Gasteiger partial charge in [0.25, 0.3) is 0 Å². The van der Waals surface area contributed by atoms with Crippen molar-refractivity contribution in [1.29, 1.82) is 0 Å². The van der Waals surface area contributed by atoms with Gasteiger partial charge in [-0.3, -0.25) is 4.79 Å². The number of rotatable bonds is 2. The molecule has 0 aromatic heterocycles. The number of aliphatic imine (C=N–C) groups is 1. The fourth-order valence-electron chi connectivity index (χ4n) is 0.636. The minimum atomic E-state index is -0.206. The van der Waals surface area contributed by atoms with E-state index in [1.807, 2.05) is 20.8 Å². The summed E-state index contributed by atoms with van der Waals surface area (Å²) >= 11 is 0. The van der Waals surface area contributed by atoms with Crippen molar-refractivity contribution in [2.75, 3.05) is 0 Å². The lowest BCUT2D eigenvalue weighted by Crippen LogP contribution is -2.11. The zero-order chi connectivity index (χ0) is 8.85. The van der Waals surface area contributed by atoms with Gasteiger partial charge in [-0.1, -0.05) is 6.92 Å². The molecule has 0 bridgehead atoms. The summed E-state index contributed by atoms with van der Waals surface area (Å²) < 4.78 is 5.24. The molecule has 0 aliphatic carbocycles. The number of hydrogen-bond donors (Lipinski definition) is 0. The maximum absolute atomic E-state index is 10.5. The van der Waals surface area contributed by atoms with E-state index in [4.69, 9.17) is 4.74 Å². The summed E-state index contributed by atoms with van der Waals surface area (Å²) in [5.41, 5.74) is 0. The number of nitrogens with zero attached hydrogens (tertiary/aromatic N) is 1. The Hall–Kier alpha value is -0.860. The average molecular weight is 157 g/mol. The Morgan fingerprint density at radius 1 is 1.55 bits per heavy atom. The lowest BCUT2D eigenvalue weighted by molar-refractivity contribution is -0.115. The van der Waals surface area contributed by atoms with Crippen LogP contribution < -0.4 is 0 Å². The highest BCUT2D eigenvalue weighted by Crippen LogP contribution is 1.95. The Labute approximate surface area is 67.5 Å². The van der Waals surface area contributed by atoms with Gasteiger partial charge in [0.1, 0.15) is 0 Å². The fourth-order valence-corrected chi connectivity index (χ4v) is 0.636. The Morgan fingerprint density at radius 3 is 2.36 bits per heavy atom. The van der Waals surface area contributed by atoms with Crippen molar-refractivity contribution in [1.82, 2.24) is 0 Å². The maximum Gasteiger partial charge on any atom is 0.245 e. The van der Waals surface area contributed by atoms with Crippen molar-refractivity contribution in [2.24, 2.45) is 4.99 Å². The Kier molecular flexibility index (Phi) is 4.50. The van der Waals surface area contributed by atoms with E-state index >= 15 is 0 Å². The summed E-state index contributed by atoms with van der Waals surface area (Å²) in [6.07, 6.45) is 0.755. The van der Waals surface area contributed by atoms with Crippen LogP contribution in [0, 0.1) is 0 Å². The van der Waals surface area contributed by atoms with E-state index in [9.17, 15) is 4.79 Å². The first-order valence-corrected chi connectivity index (χ1v) is 3.81. The molecule has 0 saturated carbocycles. The molecule has 0 aliphatic heterocycles. The zero-order valence-corrected chi connectivity index (χ0v) is 7.55. The first kappa shape index (κ1) is 10.1. The highest BCUT2D eigenvalue weighted by atomic mass is 16.5. The predicted octanol–water partition coefficient (Wildman–Crippen LogP) is 1.77. The second kappa shape index (κ2) is 4.88. The van der Waals surface area contributed by atoms with Gasteiger partial charge in [-0.25, -0.2) is 0 Å². The quantitative estimate of drug-likeness (QED) is 0.452. The van der Waals surface area contributed by atoms with E-state index in [1.165, 1.54) is 6.92 Å². The van der Waals surface area contributed by atoms with Crippen LogP contribution in [0.5, 0.6) is 0 Å². The molecular weight excluding hydrogens is 142 g/mol. The van der Waals surface area contributed by atoms with Crippen LogP contribution in [0.2, 0.25) is 0 Å². The smallest absolute Gasteiger partial charge is 0.245 e. The van der Waals surface area contributed by atoms with Crippen LogP contribution in [0.3, 0.4) is 0 Å². The number of carbonyl (C=O) groups excluding carboxylic acids is 1. The van der Waals surface area contributed by atoms with Gasteiger partial charge in [-0.05, 0) is 13.8 Å². The molecule has 0 unspecified atom stereocenters. The first-order valence-electron chi connectivity index (χ1n) is 3.81. The standard InChI is InChI=1S/C8H15NO2/c1-5-8(9-7(4)10)11-6(2)3/h6H,5H2,1-4H3. The average Bonchev–Trinajstić information content (AvgIpc) is 1.84. The Morgan fingerprint density at radius 2 is 2.09 bits per heavy atom. The number of hydrogen-bond acceptors (Lipinski definition) is 2. The van der Waals surface area contributed by atoms with Gasteiger partial charge in [0.05, 0.1) is 6.10 Å². The normalized spacial score (nSPS) is 11.9. The van der Waals surface area contributed by atoms with Crippen LogP contribution in [0.1, 0.15) is 34.1 Å². The van der Waals surface area contributed by atoms with Crippen molar-refractivity contribution in [3.8, 4) is 0 Å². The van der Waals surface area contributed by atoms with Gasteiger partial charge in [-0.2, -0.15) is 4.99 Å². The molecule has 64 valence electrons. The molecule has 0 N–H and O–H groups in total. The number of carbonyl (C=O) groups is 1. The van der Waals surface area contributed by atoms with Gasteiger partial charge >= 0.3 is 0 Å². The summed E-state index contributed by atoms with van der Waals surface area (Å²) in [4.78, 5) is 14.2. The second-order valence-corrected chi connectivity index (χ2v) is 2.54. The van der Waals surface area contributed by atoms with Gasteiger partial charge in [0, 0.05) is 13.3 Å². The maximum atomic E-state index is 10.5. The largest absolute Gasteiger partial charge is 0.478 e. The van der Waals surface area contributed by atoms with E-state index in [2.05, 4.69) is 4.99 Å². The SMILES string of the molecule is CCC(=NC(C)=O)OC(C)C. The monoisotopic (exact) mass is 157 g/mol. The summed E-state index contributed by atoms with van der Waals surface area (Å²) in [7, 11) is 0. The van der Waals surface area contributed by atoms with E-state index in [0.29, 0.717) is 12.3 Å². The van der Waals surface area contributed by atoms with Crippen LogP contribution in [-0.2, 0) is 9.53 Å². The summed E-state index contributed by atoms with van der Waals surface area (Å²) in [5, 5.41) is 0. The highest BCUT2D eigenvalue weighted by Gasteiger charge is 2.00. The van der Waals surface area contributed by atoms with Crippen LogP contribution in [0.25, 0.3) is 0 Å². The molecule has 0 fully saturated rings.